The van der Waals surface area contributed by atoms with E-state index in [1.165, 1.54) is 0 Å². The molecule has 5 heteroatoms. The Morgan fingerprint density at radius 3 is 0.600 bits per heavy atom. The van der Waals surface area contributed by atoms with Gasteiger partial charge in [0.05, 0.1) is 0 Å². The molecule has 0 aliphatic rings. The molecule has 0 aliphatic heterocycles. The molecule has 0 heterocycles. The average Bonchev–Trinajstić information content (AvgIpc) is 0. The van der Waals surface area contributed by atoms with Crippen molar-refractivity contribution in [3.05, 3.63) is 0 Å². The van der Waals surface area contributed by atoms with Crippen LogP contribution in [0.4, 0.5) is 0 Å². The number of hydrogen-bond donors (Lipinski definition) is 0. The van der Waals surface area contributed by atoms with Gasteiger partial charge in [0, 0.05) is 17.1 Å². The van der Waals surface area contributed by atoms with E-state index in [9.17, 15) is 0 Å². The molecule has 2 radical (unpaired) electrons. The molecule has 3 nitrogen and oxygen atoms in total. The summed E-state index contributed by atoms with van der Waals surface area (Å²) in [5, 5.41) is 0. The normalized spacial score (nSPS) is 0. The summed E-state index contributed by atoms with van der Waals surface area (Å²) in [7, 11) is 0. The van der Waals surface area contributed by atoms with Gasteiger partial charge in [-0.25, -0.2) is 0 Å². The zero-order valence-electron chi connectivity index (χ0n) is 1.90. The minimum Gasteiger partial charge on any atom is -2.00 e. The Morgan fingerprint density at radius 1 is 0.600 bits per heavy atom. The molecular formula is CuMnO3-4. The molecule has 0 aromatic carbocycles. The van der Waals surface area contributed by atoms with Crippen LogP contribution < -0.4 is 0 Å². The first-order valence-corrected chi connectivity index (χ1v) is 0. The Hall–Kier alpha value is 0.919. The minimum absolute atomic E-state index is 0. The van der Waals surface area contributed by atoms with Gasteiger partial charge in [0.1, 0.15) is 0 Å². The summed E-state index contributed by atoms with van der Waals surface area (Å²) in [5.41, 5.74) is 0. The topological polar surface area (TPSA) is 85.5 Å². The van der Waals surface area contributed by atoms with E-state index in [1.54, 1.807) is 0 Å². The largest absolute Gasteiger partial charge is 2.00 e. The van der Waals surface area contributed by atoms with Crippen LogP contribution in [0.15, 0.2) is 0 Å². The van der Waals surface area contributed by atoms with Gasteiger partial charge in [0.2, 0.25) is 0 Å². The van der Waals surface area contributed by atoms with Gasteiger partial charge in [0.25, 0.3) is 0 Å². The molecule has 0 rings (SSSR count). The number of rotatable bonds is 0. The third kappa shape index (κ3) is 49.6. The van der Waals surface area contributed by atoms with E-state index in [0.717, 1.165) is 0 Å². The zero-order valence-corrected chi connectivity index (χ0v) is 4.03. The molecule has 5 heavy (non-hydrogen) atoms. The standard InChI is InChI=1S/Cu.Mn.3O/q+2;;3*-2. The third-order valence-electron chi connectivity index (χ3n) is 0. The first-order chi connectivity index (χ1) is 0. The van der Waals surface area contributed by atoms with E-state index >= 15 is 0 Å². The second-order valence-corrected chi connectivity index (χ2v) is 0. The van der Waals surface area contributed by atoms with Crippen LogP contribution in [0, 0.1) is 0 Å². The molecule has 0 aromatic heterocycles. The van der Waals surface area contributed by atoms with Crippen molar-refractivity contribution in [2.75, 3.05) is 0 Å². The Morgan fingerprint density at radius 2 is 0.600 bits per heavy atom. The fraction of sp³-hybridized carbons (Fsp3) is 0. The summed E-state index contributed by atoms with van der Waals surface area (Å²) in [6, 6.07) is 0. The Balaban J connectivity index is 0. The van der Waals surface area contributed by atoms with Crippen molar-refractivity contribution in [1.29, 1.82) is 0 Å². The summed E-state index contributed by atoms with van der Waals surface area (Å²) < 4.78 is 0. The van der Waals surface area contributed by atoms with Gasteiger partial charge >= 0.3 is 17.1 Å². The summed E-state index contributed by atoms with van der Waals surface area (Å²) in [6.07, 6.45) is 0. The van der Waals surface area contributed by atoms with Crippen molar-refractivity contribution < 1.29 is 50.6 Å². The molecular weight excluding hydrogens is 166 g/mol. The third-order valence-corrected chi connectivity index (χ3v) is 0. The molecule has 0 unspecified atom stereocenters. The smallest absolute Gasteiger partial charge is 2.00 e. The fourth-order valence-electron chi connectivity index (χ4n) is 0. The van der Waals surface area contributed by atoms with Gasteiger partial charge in [-0.3, -0.25) is 0 Å². The Bertz CT molecular complexity index is 6.85. The van der Waals surface area contributed by atoms with Gasteiger partial charge in [-0.2, -0.15) is 0 Å². The predicted molar refractivity (Wildman–Crippen MR) is 2.06 cm³/mol. The van der Waals surface area contributed by atoms with Crippen LogP contribution in [0.1, 0.15) is 0 Å². The van der Waals surface area contributed by atoms with E-state index in [1.807, 2.05) is 0 Å². The van der Waals surface area contributed by atoms with Gasteiger partial charge in [-0.1, -0.05) is 0 Å². The molecule has 0 spiro atoms. The maximum Gasteiger partial charge on any atom is 2.00 e. The Labute approximate surface area is 51.0 Å². The molecule has 0 amide bonds. The molecule has 0 saturated heterocycles. The van der Waals surface area contributed by atoms with Crippen molar-refractivity contribution in [3.8, 4) is 0 Å². The second-order valence-electron chi connectivity index (χ2n) is 0. The molecule has 0 N–H and O–H groups in total. The van der Waals surface area contributed by atoms with Gasteiger partial charge in [-0.05, 0) is 0 Å². The summed E-state index contributed by atoms with van der Waals surface area (Å²) in [4.78, 5) is 0. The molecule has 0 fully saturated rings. The summed E-state index contributed by atoms with van der Waals surface area (Å²) >= 11 is 0. The maximum atomic E-state index is 0. The minimum atomic E-state index is 0. The van der Waals surface area contributed by atoms with Crippen LogP contribution in [0.25, 0.3) is 0 Å². The molecule has 40 valence electrons. The van der Waals surface area contributed by atoms with Crippen molar-refractivity contribution in [2.24, 2.45) is 0 Å². The molecule has 0 bridgehead atoms. The average molecular weight is 166 g/mol. The van der Waals surface area contributed by atoms with E-state index in [2.05, 4.69) is 0 Å². The van der Waals surface area contributed by atoms with Crippen molar-refractivity contribution >= 4 is 0 Å². The van der Waals surface area contributed by atoms with Crippen LogP contribution in [-0.2, 0) is 50.6 Å². The SMILES string of the molecule is [Cu+2].[Mn].[O-2].[O-2].[O-2]. The van der Waals surface area contributed by atoms with Crippen LogP contribution in [0.2, 0.25) is 0 Å². The van der Waals surface area contributed by atoms with Crippen LogP contribution in [-0.4, -0.2) is 0 Å². The Kier molecular flexibility index (Phi) is 3030. The quantitative estimate of drug-likeness (QED) is 0.440. The van der Waals surface area contributed by atoms with Crippen LogP contribution >= 0.6 is 0 Å². The number of hydrogen-bond acceptors (Lipinski definition) is 0. The van der Waals surface area contributed by atoms with Gasteiger partial charge in [-0.15, -0.1) is 0 Å². The van der Waals surface area contributed by atoms with Gasteiger partial charge in [0.15, 0.2) is 0 Å². The monoisotopic (exact) mass is 166 g/mol. The second kappa shape index (κ2) is 89.5. The zero-order chi connectivity index (χ0) is 0. The van der Waals surface area contributed by atoms with Crippen molar-refractivity contribution in [2.45, 2.75) is 0 Å². The molecule has 0 aromatic rings. The van der Waals surface area contributed by atoms with Crippen molar-refractivity contribution in [1.82, 2.24) is 0 Å². The molecule has 0 saturated carbocycles. The van der Waals surface area contributed by atoms with Crippen LogP contribution in [0.3, 0.4) is 0 Å². The fourth-order valence-corrected chi connectivity index (χ4v) is 0. The molecule has 0 aliphatic carbocycles. The first kappa shape index (κ1) is 170. The molecule has 0 atom stereocenters. The van der Waals surface area contributed by atoms with E-state index in [0.29, 0.717) is 0 Å². The van der Waals surface area contributed by atoms with Crippen molar-refractivity contribution in [3.63, 3.8) is 0 Å². The van der Waals surface area contributed by atoms with Gasteiger partial charge < -0.3 is 16.4 Å². The summed E-state index contributed by atoms with van der Waals surface area (Å²) in [5.74, 6) is 0. The summed E-state index contributed by atoms with van der Waals surface area (Å²) in [6.45, 7) is 0. The van der Waals surface area contributed by atoms with E-state index in [4.69, 9.17) is 0 Å². The van der Waals surface area contributed by atoms with E-state index in [-0.39, 0.29) is 50.6 Å². The first-order valence-electron chi connectivity index (χ1n) is 0. The predicted octanol–water partition coefficient (Wildman–Crippen LogP) is -0.361. The van der Waals surface area contributed by atoms with E-state index < -0.39 is 0 Å². The maximum absolute atomic E-state index is 0. The van der Waals surface area contributed by atoms with Crippen LogP contribution in [0.5, 0.6) is 0 Å².